The van der Waals surface area contributed by atoms with E-state index in [1.165, 1.54) is 12.1 Å². The van der Waals surface area contributed by atoms with Crippen LogP contribution in [-0.2, 0) is 0 Å². The fourth-order valence-corrected chi connectivity index (χ4v) is 1.59. The zero-order valence-electron chi connectivity index (χ0n) is 10.8. The molecular formula is C11H12ClN7O. The van der Waals surface area contributed by atoms with E-state index in [1.54, 1.807) is 13.8 Å². The van der Waals surface area contributed by atoms with Crippen molar-refractivity contribution >= 4 is 29.3 Å². The fraction of sp³-hybridized carbons (Fsp3) is 0.182. The average Bonchev–Trinajstić information content (AvgIpc) is 2.42. The number of carbonyl (C=O) groups is 1. The van der Waals surface area contributed by atoms with Crippen LogP contribution in [0.3, 0.4) is 0 Å². The normalized spacial score (nSPS) is 10.2. The van der Waals surface area contributed by atoms with Gasteiger partial charge in [0.05, 0.1) is 11.4 Å². The van der Waals surface area contributed by atoms with E-state index in [0.717, 1.165) is 0 Å². The van der Waals surface area contributed by atoms with Gasteiger partial charge in [-0.25, -0.2) is 15.8 Å². The van der Waals surface area contributed by atoms with Crippen LogP contribution in [0.1, 0.15) is 21.7 Å². The number of nitrogens with two attached hydrogens (primary N) is 1. The molecule has 0 spiro atoms. The van der Waals surface area contributed by atoms with Gasteiger partial charge < -0.3 is 5.43 Å². The number of hydrogen-bond donors (Lipinski definition) is 3. The molecule has 0 radical (unpaired) electrons. The summed E-state index contributed by atoms with van der Waals surface area (Å²) in [6.45, 7) is 3.56. The van der Waals surface area contributed by atoms with Crippen molar-refractivity contribution in [1.29, 1.82) is 0 Å². The summed E-state index contributed by atoms with van der Waals surface area (Å²) in [5.41, 5.74) is 3.99. The van der Waals surface area contributed by atoms with E-state index in [2.05, 4.69) is 30.9 Å². The third-order valence-electron chi connectivity index (χ3n) is 2.52. The number of rotatable bonds is 3. The Morgan fingerprint density at radius 3 is 2.60 bits per heavy atom. The smallest absolute Gasteiger partial charge is 0.258 e. The Morgan fingerprint density at radius 1 is 1.20 bits per heavy atom. The second kappa shape index (κ2) is 5.76. The van der Waals surface area contributed by atoms with E-state index in [1.807, 2.05) is 0 Å². The summed E-state index contributed by atoms with van der Waals surface area (Å²) in [7, 11) is 0. The van der Waals surface area contributed by atoms with Gasteiger partial charge in [0.15, 0.2) is 0 Å². The molecule has 0 aliphatic rings. The molecule has 20 heavy (non-hydrogen) atoms. The summed E-state index contributed by atoms with van der Waals surface area (Å²) in [6.07, 6.45) is 0. The molecule has 0 atom stereocenters. The lowest BCUT2D eigenvalue weighted by molar-refractivity contribution is 0.102. The molecule has 1 amide bonds. The predicted octanol–water partition coefficient (Wildman–Crippen LogP) is 1.07. The predicted molar refractivity (Wildman–Crippen MR) is 74.3 cm³/mol. The van der Waals surface area contributed by atoms with E-state index in [0.29, 0.717) is 11.4 Å². The van der Waals surface area contributed by atoms with Crippen molar-refractivity contribution in [3.8, 4) is 0 Å². The Balaban J connectivity index is 2.23. The van der Waals surface area contributed by atoms with E-state index in [9.17, 15) is 4.79 Å². The number of carbonyl (C=O) groups excluding carboxylic acids is 1. The number of pyridine rings is 1. The van der Waals surface area contributed by atoms with E-state index >= 15 is 0 Å². The van der Waals surface area contributed by atoms with Gasteiger partial charge in [0.25, 0.3) is 5.91 Å². The van der Waals surface area contributed by atoms with Crippen LogP contribution in [0.5, 0.6) is 0 Å². The van der Waals surface area contributed by atoms with Gasteiger partial charge in [-0.2, -0.15) is 5.10 Å². The lowest BCUT2D eigenvalue weighted by Gasteiger charge is -2.06. The maximum Gasteiger partial charge on any atom is 0.258 e. The first-order chi connectivity index (χ1) is 9.49. The molecule has 104 valence electrons. The van der Waals surface area contributed by atoms with Crippen molar-refractivity contribution in [2.45, 2.75) is 13.8 Å². The largest absolute Gasteiger partial charge is 0.308 e. The van der Waals surface area contributed by atoms with Crippen LogP contribution in [0, 0.1) is 13.8 Å². The van der Waals surface area contributed by atoms with Gasteiger partial charge in [-0.1, -0.05) is 11.6 Å². The van der Waals surface area contributed by atoms with Gasteiger partial charge in [-0.3, -0.25) is 10.1 Å². The van der Waals surface area contributed by atoms with Crippen LogP contribution in [-0.4, -0.2) is 26.1 Å². The van der Waals surface area contributed by atoms with Gasteiger partial charge in [-0.15, -0.1) is 5.10 Å². The lowest BCUT2D eigenvalue weighted by atomic mass is 10.2. The molecule has 0 aliphatic heterocycles. The highest BCUT2D eigenvalue weighted by Gasteiger charge is 2.11. The molecule has 2 aromatic heterocycles. The number of amides is 1. The molecule has 9 heteroatoms. The Morgan fingerprint density at radius 2 is 1.95 bits per heavy atom. The summed E-state index contributed by atoms with van der Waals surface area (Å²) < 4.78 is 0. The summed E-state index contributed by atoms with van der Waals surface area (Å²) >= 11 is 5.79. The molecule has 0 unspecified atom stereocenters. The maximum atomic E-state index is 12.1. The minimum Gasteiger partial charge on any atom is -0.308 e. The number of nitrogen functional groups attached to an aromatic ring is 1. The van der Waals surface area contributed by atoms with Crippen LogP contribution in [0.25, 0.3) is 0 Å². The van der Waals surface area contributed by atoms with Crippen molar-refractivity contribution in [2.24, 2.45) is 5.84 Å². The second-order valence-corrected chi connectivity index (χ2v) is 4.36. The number of hydrazine groups is 1. The summed E-state index contributed by atoms with van der Waals surface area (Å²) in [5.74, 6) is 5.20. The monoisotopic (exact) mass is 293 g/mol. The third-order valence-corrected chi connectivity index (χ3v) is 2.72. The molecule has 0 saturated heterocycles. The molecule has 0 aliphatic carbocycles. The highest BCUT2D eigenvalue weighted by molar-refractivity contribution is 6.30. The number of anilines is 2. The zero-order chi connectivity index (χ0) is 14.7. The molecule has 0 bridgehead atoms. The Kier molecular flexibility index (Phi) is 4.06. The van der Waals surface area contributed by atoms with Crippen LogP contribution in [0.2, 0.25) is 5.15 Å². The van der Waals surface area contributed by atoms with E-state index in [-0.39, 0.29) is 22.5 Å². The quantitative estimate of drug-likeness (QED) is 0.440. The maximum absolute atomic E-state index is 12.1. The molecule has 2 aromatic rings. The molecule has 4 N–H and O–H groups in total. The number of nitrogens with zero attached hydrogens (tertiary/aromatic N) is 4. The van der Waals surface area contributed by atoms with Crippen molar-refractivity contribution in [2.75, 3.05) is 10.7 Å². The highest BCUT2D eigenvalue weighted by Crippen LogP contribution is 2.15. The molecule has 2 heterocycles. The molecule has 0 aromatic carbocycles. The van der Waals surface area contributed by atoms with Crippen LogP contribution < -0.4 is 16.6 Å². The topological polar surface area (TPSA) is 119 Å². The number of hydrogen-bond acceptors (Lipinski definition) is 7. The third kappa shape index (κ3) is 3.16. The van der Waals surface area contributed by atoms with Crippen molar-refractivity contribution in [1.82, 2.24) is 20.2 Å². The van der Waals surface area contributed by atoms with Crippen molar-refractivity contribution < 1.29 is 4.79 Å². The highest BCUT2D eigenvalue weighted by atomic mass is 35.5. The average molecular weight is 294 g/mol. The minimum absolute atomic E-state index is 0.119. The van der Waals surface area contributed by atoms with Crippen LogP contribution >= 0.6 is 11.6 Å². The Bertz CT molecular complexity index is 661. The molecule has 8 nitrogen and oxygen atoms in total. The SMILES string of the molecule is Cc1nnc(NC(=O)c2cc(Cl)nc(NN)c2)nc1C. The second-order valence-electron chi connectivity index (χ2n) is 3.97. The van der Waals surface area contributed by atoms with Gasteiger partial charge in [0.2, 0.25) is 5.95 Å². The van der Waals surface area contributed by atoms with Gasteiger partial charge in [-0.05, 0) is 26.0 Å². The standard InChI is InChI=1S/C11H12ClN7O/c1-5-6(2)18-19-11(14-5)16-10(20)7-3-8(12)15-9(4-7)17-13/h3-4H,13H2,1-2H3,(H,15,17)(H,14,16,19,20). The Labute approximate surface area is 119 Å². The van der Waals surface area contributed by atoms with Crippen LogP contribution in [0.15, 0.2) is 12.1 Å². The Hall–Kier alpha value is -2.32. The molecular weight excluding hydrogens is 282 g/mol. The zero-order valence-corrected chi connectivity index (χ0v) is 11.6. The molecule has 0 saturated carbocycles. The van der Waals surface area contributed by atoms with Gasteiger partial charge >= 0.3 is 0 Å². The minimum atomic E-state index is -0.434. The van der Waals surface area contributed by atoms with E-state index in [4.69, 9.17) is 17.4 Å². The van der Waals surface area contributed by atoms with Gasteiger partial charge in [0, 0.05) is 5.56 Å². The first kappa shape index (κ1) is 14.1. The van der Waals surface area contributed by atoms with Crippen molar-refractivity contribution in [3.05, 3.63) is 34.2 Å². The summed E-state index contributed by atoms with van der Waals surface area (Å²) in [6, 6.07) is 2.86. The first-order valence-corrected chi connectivity index (χ1v) is 6.01. The fourth-order valence-electron chi connectivity index (χ4n) is 1.39. The molecule has 0 fully saturated rings. The number of aryl methyl sites for hydroxylation is 2. The van der Waals surface area contributed by atoms with Crippen LogP contribution in [0.4, 0.5) is 11.8 Å². The number of aromatic nitrogens is 4. The van der Waals surface area contributed by atoms with E-state index < -0.39 is 5.91 Å². The first-order valence-electron chi connectivity index (χ1n) is 5.63. The van der Waals surface area contributed by atoms with Gasteiger partial charge in [0.1, 0.15) is 11.0 Å². The summed E-state index contributed by atoms with van der Waals surface area (Å²) in [4.78, 5) is 20.0. The number of halogens is 1. The summed E-state index contributed by atoms with van der Waals surface area (Å²) in [5, 5.41) is 10.3. The number of nitrogens with one attached hydrogen (secondary N) is 2. The lowest BCUT2D eigenvalue weighted by Crippen LogP contribution is -2.17. The van der Waals surface area contributed by atoms with Crippen molar-refractivity contribution in [3.63, 3.8) is 0 Å². The molecule has 2 rings (SSSR count).